The van der Waals surface area contributed by atoms with Gasteiger partial charge in [0.1, 0.15) is 17.2 Å². The number of amides is 1. The van der Waals surface area contributed by atoms with Crippen LogP contribution in [0.4, 0.5) is 10.7 Å². The number of rotatable bonds is 8. The van der Waals surface area contributed by atoms with Crippen molar-refractivity contribution in [2.75, 3.05) is 5.32 Å². The van der Waals surface area contributed by atoms with Crippen LogP contribution in [0.2, 0.25) is 0 Å². The average Bonchev–Trinajstić information content (AvgIpc) is 3.11. The molecule has 0 spiro atoms. The van der Waals surface area contributed by atoms with Gasteiger partial charge < -0.3 is 20.2 Å². The van der Waals surface area contributed by atoms with Crippen LogP contribution in [0.5, 0.6) is 0 Å². The van der Waals surface area contributed by atoms with Gasteiger partial charge >= 0.3 is 18.0 Å². The van der Waals surface area contributed by atoms with Gasteiger partial charge in [0.15, 0.2) is 0 Å². The molecule has 11 nitrogen and oxygen atoms in total. The van der Waals surface area contributed by atoms with Gasteiger partial charge in [-0.2, -0.15) is 4.98 Å². The van der Waals surface area contributed by atoms with Crippen molar-refractivity contribution in [2.45, 2.75) is 78.0 Å². The Balaban J connectivity index is 1.91. The molecule has 11 heteroatoms. The van der Waals surface area contributed by atoms with E-state index >= 15 is 0 Å². The molecule has 0 aliphatic heterocycles. The van der Waals surface area contributed by atoms with Gasteiger partial charge in [0, 0.05) is 37.0 Å². The van der Waals surface area contributed by atoms with E-state index in [1.54, 1.807) is 60.0 Å². The van der Waals surface area contributed by atoms with E-state index < -0.39 is 40.8 Å². The molecule has 186 valence electrons. The summed E-state index contributed by atoms with van der Waals surface area (Å²) in [6.07, 6.45) is 3.56. The Bertz CT molecular complexity index is 1100. The predicted molar refractivity (Wildman–Crippen MR) is 125 cm³/mol. The van der Waals surface area contributed by atoms with E-state index in [-0.39, 0.29) is 18.8 Å². The molecule has 34 heavy (non-hydrogen) atoms. The first-order valence-electron chi connectivity index (χ1n) is 10.9. The highest BCUT2D eigenvalue weighted by Gasteiger charge is 2.28. The summed E-state index contributed by atoms with van der Waals surface area (Å²) in [7, 11) is 0. The number of hydrogen-bond acceptors (Lipinski definition) is 8. The van der Waals surface area contributed by atoms with Crippen LogP contribution in [0, 0.1) is 6.92 Å². The highest BCUT2D eigenvalue weighted by molar-refractivity contribution is 5.89. The Morgan fingerprint density at radius 1 is 1.21 bits per heavy atom. The fraction of sp³-hybridized carbons (Fsp3) is 0.522. The van der Waals surface area contributed by atoms with Gasteiger partial charge in [0.2, 0.25) is 5.95 Å². The third-order valence-electron chi connectivity index (χ3n) is 4.48. The number of carbonyl (C=O) groups excluding carboxylic acids is 3. The Morgan fingerprint density at radius 3 is 2.50 bits per heavy atom. The lowest BCUT2D eigenvalue weighted by molar-refractivity contribution is -0.159. The van der Waals surface area contributed by atoms with Gasteiger partial charge in [-0.3, -0.25) is 24.3 Å². The van der Waals surface area contributed by atoms with E-state index in [0.717, 1.165) is 5.56 Å². The van der Waals surface area contributed by atoms with Crippen LogP contribution < -0.4 is 16.6 Å². The minimum Gasteiger partial charge on any atom is -0.460 e. The molecule has 0 aliphatic rings. The van der Waals surface area contributed by atoms with Crippen LogP contribution in [0.1, 0.15) is 58.7 Å². The molecular formula is C23H33N5O6. The minimum atomic E-state index is -0.967. The van der Waals surface area contributed by atoms with E-state index in [9.17, 15) is 19.2 Å². The standard InChI is InChI=1S/C23H33N5O6/c1-14-11-17(29)26-20(25-14)27-21(32)28-10-9-15(13-28)12-23(5,6)34-19(31)16(24)7-8-18(30)33-22(2,3)4/h9-11,13,16H,7-8,12,24H2,1-6H3,(H2,25,26,27,29,32)/t16-/m0/s1. The second-order valence-electron chi connectivity index (χ2n) is 9.70. The SMILES string of the molecule is Cc1cc(=O)nc(NC(=O)n2ccc(CC(C)(C)OC(=O)[C@@H](N)CCC(=O)OC(C)(C)C)c2)[nH]1. The zero-order valence-electron chi connectivity index (χ0n) is 20.4. The highest BCUT2D eigenvalue weighted by Crippen LogP contribution is 2.19. The lowest BCUT2D eigenvalue weighted by atomic mass is 10.0. The van der Waals surface area contributed by atoms with Crippen LogP contribution >= 0.6 is 0 Å². The zero-order chi connectivity index (χ0) is 25.7. The molecule has 4 N–H and O–H groups in total. The van der Waals surface area contributed by atoms with Gasteiger partial charge in [-0.05, 0) is 59.6 Å². The molecule has 0 bridgehead atoms. The van der Waals surface area contributed by atoms with E-state index in [4.69, 9.17) is 15.2 Å². The maximum atomic E-state index is 12.4. The Kier molecular flexibility index (Phi) is 8.38. The van der Waals surface area contributed by atoms with Crippen molar-refractivity contribution in [1.29, 1.82) is 0 Å². The fourth-order valence-electron chi connectivity index (χ4n) is 3.13. The number of ether oxygens (including phenoxy) is 2. The van der Waals surface area contributed by atoms with Crippen molar-refractivity contribution in [3.8, 4) is 0 Å². The first-order chi connectivity index (χ1) is 15.6. The molecule has 2 rings (SSSR count). The number of H-pyrrole nitrogens is 1. The largest absolute Gasteiger partial charge is 0.460 e. The molecule has 0 unspecified atom stereocenters. The van der Waals surface area contributed by atoms with Gasteiger partial charge in [0.25, 0.3) is 5.56 Å². The van der Waals surface area contributed by atoms with Crippen LogP contribution in [0.15, 0.2) is 29.3 Å². The number of anilines is 1. The second-order valence-corrected chi connectivity index (χ2v) is 9.70. The summed E-state index contributed by atoms with van der Waals surface area (Å²) in [5, 5.41) is 2.52. The monoisotopic (exact) mass is 475 g/mol. The molecule has 0 saturated carbocycles. The van der Waals surface area contributed by atoms with Crippen molar-refractivity contribution < 1.29 is 23.9 Å². The van der Waals surface area contributed by atoms with Crippen molar-refractivity contribution in [1.82, 2.24) is 14.5 Å². The number of aryl methyl sites for hydroxylation is 1. The van der Waals surface area contributed by atoms with E-state index in [1.165, 1.54) is 10.6 Å². The molecule has 0 fully saturated rings. The number of nitrogens with one attached hydrogen (secondary N) is 2. The van der Waals surface area contributed by atoms with E-state index in [1.807, 2.05) is 0 Å². The maximum absolute atomic E-state index is 12.4. The van der Waals surface area contributed by atoms with Gasteiger partial charge in [-0.25, -0.2) is 4.79 Å². The molecule has 2 heterocycles. The summed E-state index contributed by atoms with van der Waals surface area (Å²) in [5.74, 6) is -1.01. The van der Waals surface area contributed by atoms with Crippen LogP contribution in [-0.2, 0) is 25.5 Å². The summed E-state index contributed by atoms with van der Waals surface area (Å²) in [5.41, 5.74) is 5.22. The van der Waals surface area contributed by atoms with Gasteiger partial charge in [0.05, 0.1) is 0 Å². The Hall–Kier alpha value is -3.47. The smallest absolute Gasteiger partial charge is 0.332 e. The van der Waals surface area contributed by atoms with Crippen LogP contribution in [0.3, 0.4) is 0 Å². The lowest BCUT2D eigenvalue weighted by Crippen LogP contribution is -2.40. The predicted octanol–water partition coefficient (Wildman–Crippen LogP) is 2.27. The summed E-state index contributed by atoms with van der Waals surface area (Å²) < 4.78 is 12.1. The molecule has 1 amide bonds. The molecule has 2 aromatic heterocycles. The van der Waals surface area contributed by atoms with Gasteiger partial charge in [-0.1, -0.05) is 0 Å². The maximum Gasteiger partial charge on any atom is 0.332 e. The van der Waals surface area contributed by atoms with Crippen molar-refractivity contribution in [2.24, 2.45) is 5.73 Å². The van der Waals surface area contributed by atoms with Crippen molar-refractivity contribution >= 4 is 23.9 Å². The second kappa shape index (κ2) is 10.6. The van der Waals surface area contributed by atoms with Crippen molar-refractivity contribution in [3.63, 3.8) is 0 Å². The number of nitrogens with two attached hydrogens (primary N) is 1. The third-order valence-corrected chi connectivity index (χ3v) is 4.48. The van der Waals surface area contributed by atoms with Crippen LogP contribution in [0.25, 0.3) is 0 Å². The fourth-order valence-corrected chi connectivity index (χ4v) is 3.13. The van der Waals surface area contributed by atoms with Crippen LogP contribution in [-0.4, -0.2) is 49.7 Å². The van der Waals surface area contributed by atoms with Gasteiger partial charge in [-0.15, -0.1) is 0 Å². The normalized spacial score (nSPS) is 12.7. The Morgan fingerprint density at radius 2 is 1.88 bits per heavy atom. The number of aromatic nitrogens is 3. The summed E-state index contributed by atoms with van der Waals surface area (Å²) in [6.45, 7) is 10.4. The molecule has 0 aromatic carbocycles. The minimum absolute atomic E-state index is 0.00693. The first kappa shape index (κ1) is 26.8. The highest BCUT2D eigenvalue weighted by atomic mass is 16.6. The third kappa shape index (κ3) is 8.81. The number of nitrogens with zero attached hydrogens (tertiary/aromatic N) is 2. The summed E-state index contributed by atoms with van der Waals surface area (Å²) >= 11 is 0. The molecule has 2 aromatic rings. The zero-order valence-corrected chi connectivity index (χ0v) is 20.4. The molecular weight excluding hydrogens is 442 g/mol. The van der Waals surface area contributed by atoms with E-state index in [0.29, 0.717) is 12.1 Å². The molecule has 0 aliphatic carbocycles. The average molecular weight is 476 g/mol. The molecule has 0 saturated heterocycles. The topological polar surface area (TPSA) is 158 Å². The summed E-state index contributed by atoms with van der Waals surface area (Å²) in [4.78, 5) is 54.7. The number of carbonyl (C=O) groups is 3. The summed E-state index contributed by atoms with van der Waals surface area (Å²) in [6, 6.07) is 1.55. The number of esters is 2. The quantitative estimate of drug-likeness (QED) is 0.490. The first-order valence-corrected chi connectivity index (χ1v) is 10.9. The van der Waals surface area contributed by atoms with E-state index in [2.05, 4.69) is 15.3 Å². The number of aromatic amines is 1. The Labute approximate surface area is 198 Å². The number of hydrogen-bond donors (Lipinski definition) is 3. The molecule has 1 atom stereocenters. The molecule has 0 radical (unpaired) electrons. The lowest BCUT2D eigenvalue weighted by Gasteiger charge is -2.26. The van der Waals surface area contributed by atoms with Crippen molar-refractivity contribution in [3.05, 3.63) is 46.1 Å².